The number of hydrogen-bond donors (Lipinski definition) is 0. The van der Waals surface area contributed by atoms with E-state index in [9.17, 15) is 0 Å². The molecule has 1 rings (SSSR count). The molecule has 0 saturated carbocycles. The molecule has 0 fully saturated rings. The van der Waals surface area contributed by atoms with E-state index < -0.39 is 0 Å². The summed E-state index contributed by atoms with van der Waals surface area (Å²) in [5.74, 6) is 2.55. The van der Waals surface area contributed by atoms with Gasteiger partial charge in [0.25, 0.3) is 0 Å². The number of hydrogen-bond acceptors (Lipinski definition) is 0. The van der Waals surface area contributed by atoms with Crippen molar-refractivity contribution in [1.29, 1.82) is 0 Å². The van der Waals surface area contributed by atoms with Gasteiger partial charge in [0.2, 0.25) is 0 Å². The summed E-state index contributed by atoms with van der Waals surface area (Å²) in [7, 11) is 3.04. The van der Waals surface area contributed by atoms with E-state index in [2.05, 4.69) is 43.0 Å². The van der Waals surface area contributed by atoms with Crippen molar-refractivity contribution in [3.05, 3.63) is 11.6 Å². The Morgan fingerprint density at radius 3 is 2.60 bits per heavy atom. The van der Waals surface area contributed by atoms with Crippen LogP contribution in [-0.2, 0) is 0 Å². The van der Waals surface area contributed by atoms with Crippen molar-refractivity contribution in [3.8, 4) is 0 Å². The summed E-state index contributed by atoms with van der Waals surface area (Å²) >= 11 is 0. The Hall–Kier alpha value is 0.170. The zero-order valence-electron chi connectivity index (χ0n) is 10.8. The molecule has 0 aromatic heterocycles. The first-order valence-corrected chi connectivity index (χ1v) is 7.17. The van der Waals surface area contributed by atoms with Crippen LogP contribution in [-0.4, -0.2) is 5.66 Å². The van der Waals surface area contributed by atoms with Crippen LogP contribution >= 0.6 is 9.24 Å². The maximum absolute atomic E-state index is 3.04. The van der Waals surface area contributed by atoms with Crippen molar-refractivity contribution in [3.63, 3.8) is 0 Å². The van der Waals surface area contributed by atoms with Gasteiger partial charge in [0.15, 0.2) is 0 Å². The first kappa shape index (κ1) is 13.2. The minimum absolute atomic E-state index is 0.735. The van der Waals surface area contributed by atoms with E-state index >= 15 is 0 Å². The fourth-order valence-corrected chi connectivity index (χ4v) is 3.32. The third-order valence-electron chi connectivity index (χ3n) is 3.77. The molecule has 1 heteroatoms. The molecule has 0 radical (unpaired) electrons. The second-order valence-corrected chi connectivity index (χ2v) is 6.37. The van der Waals surface area contributed by atoms with Crippen molar-refractivity contribution in [2.45, 2.75) is 59.0 Å². The first-order chi connectivity index (χ1) is 7.04. The van der Waals surface area contributed by atoms with Crippen LogP contribution in [0.3, 0.4) is 0 Å². The van der Waals surface area contributed by atoms with Crippen LogP contribution in [0.5, 0.6) is 0 Å². The molecule has 1 aliphatic rings. The van der Waals surface area contributed by atoms with E-state index in [0.717, 1.165) is 23.4 Å². The minimum Gasteiger partial charge on any atom is -0.130 e. The van der Waals surface area contributed by atoms with E-state index in [0.29, 0.717) is 0 Å². The lowest BCUT2D eigenvalue weighted by atomic mass is 9.92. The molecular formula is C14H27P. The highest BCUT2D eigenvalue weighted by atomic mass is 31.0. The average molecular weight is 226 g/mol. The second-order valence-electron chi connectivity index (χ2n) is 5.57. The Labute approximate surface area is 98.1 Å². The maximum atomic E-state index is 3.04. The summed E-state index contributed by atoms with van der Waals surface area (Å²) in [5, 5.41) is 0. The Morgan fingerprint density at radius 2 is 2.07 bits per heavy atom. The van der Waals surface area contributed by atoms with Gasteiger partial charge < -0.3 is 0 Å². The molecule has 0 saturated heterocycles. The molecule has 1 aliphatic carbocycles. The first-order valence-electron chi connectivity index (χ1n) is 6.50. The summed E-state index contributed by atoms with van der Waals surface area (Å²) in [5.41, 5.74) is 2.44. The Kier molecular flexibility index (Phi) is 5.33. The maximum Gasteiger partial charge on any atom is -0.00531 e. The summed E-state index contributed by atoms with van der Waals surface area (Å²) in [6.45, 7) is 9.34. The van der Waals surface area contributed by atoms with Gasteiger partial charge in [0.05, 0.1) is 0 Å². The quantitative estimate of drug-likeness (QED) is 0.472. The van der Waals surface area contributed by atoms with Crippen LogP contribution in [0, 0.1) is 17.8 Å². The third-order valence-corrected chi connectivity index (χ3v) is 4.47. The van der Waals surface area contributed by atoms with E-state index in [1.165, 1.54) is 25.7 Å². The van der Waals surface area contributed by atoms with Crippen molar-refractivity contribution in [2.75, 3.05) is 0 Å². The smallest absolute Gasteiger partial charge is 0.00531 e. The highest BCUT2D eigenvalue weighted by Gasteiger charge is 2.23. The minimum atomic E-state index is 0.735. The van der Waals surface area contributed by atoms with Gasteiger partial charge in [0.1, 0.15) is 0 Å². The van der Waals surface area contributed by atoms with Crippen molar-refractivity contribution < 1.29 is 0 Å². The second kappa shape index (κ2) is 6.04. The molecule has 4 unspecified atom stereocenters. The molecule has 0 aromatic carbocycles. The average Bonchev–Trinajstić information content (AvgIpc) is 2.64. The lowest BCUT2D eigenvalue weighted by molar-refractivity contribution is 0.411. The Morgan fingerprint density at radius 1 is 1.40 bits per heavy atom. The van der Waals surface area contributed by atoms with Crippen LogP contribution in [0.2, 0.25) is 0 Å². The van der Waals surface area contributed by atoms with E-state index in [4.69, 9.17) is 0 Å². The van der Waals surface area contributed by atoms with Gasteiger partial charge in [0, 0.05) is 0 Å². The van der Waals surface area contributed by atoms with Gasteiger partial charge in [-0.1, -0.05) is 45.8 Å². The molecule has 0 N–H and O–H groups in total. The summed E-state index contributed by atoms with van der Waals surface area (Å²) < 4.78 is 0. The lowest BCUT2D eigenvalue weighted by Gasteiger charge is -2.15. The zero-order valence-corrected chi connectivity index (χ0v) is 11.9. The molecule has 0 spiro atoms. The van der Waals surface area contributed by atoms with Gasteiger partial charge in [-0.3, -0.25) is 0 Å². The third kappa shape index (κ3) is 3.91. The summed E-state index contributed by atoms with van der Waals surface area (Å²) in [4.78, 5) is 0. The van der Waals surface area contributed by atoms with Gasteiger partial charge in [-0.15, -0.1) is 9.24 Å². The van der Waals surface area contributed by atoms with E-state index in [-0.39, 0.29) is 0 Å². The van der Waals surface area contributed by atoms with E-state index in [1.807, 2.05) is 0 Å². The highest BCUT2D eigenvalue weighted by Crippen LogP contribution is 2.36. The lowest BCUT2D eigenvalue weighted by Crippen LogP contribution is -2.05. The van der Waals surface area contributed by atoms with Gasteiger partial charge in [-0.05, 0) is 42.7 Å². The topological polar surface area (TPSA) is 0 Å². The highest BCUT2D eigenvalue weighted by molar-refractivity contribution is 7.18. The van der Waals surface area contributed by atoms with Crippen molar-refractivity contribution >= 4 is 9.24 Å². The summed E-state index contributed by atoms with van der Waals surface area (Å²) in [6.07, 6.45) is 7.96. The number of rotatable bonds is 5. The monoisotopic (exact) mass is 226 g/mol. The molecule has 88 valence electrons. The molecule has 0 aromatic rings. The molecule has 0 heterocycles. The van der Waals surface area contributed by atoms with Gasteiger partial charge in [-0.2, -0.15) is 0 Å². The van der Waals surface area contributed by atoms with Crippen LogP contribution < -0.4 is 0 Å². The van der Waals surface area contributed by atoms with Gasteiger partial charge in [-0.25, -0.2) is 0 Å². The fraction of sp³-hybridized carbons (Fsp3) is 0.857. The molecule has 0 bridgehead atoms. The number of allylic oxidation sites excluding steroid dienone is 2. The van der Waals surface area contributed by atoms with E-state index in [1.54, 1.807) is 5.57 Å². The molecular weight excluding hydrogens is 199 g/mol. The van der Waals surface area contributed by atoms with Crippen LogP contribution in [0.15, 0.2) is 11.6 Å². The molecule has 0 amide bonds. The van der Waals surface area contributed by atoms with Crippen LogP contribution in [0.25, 0.3) is 0 Å². The van der Waals surface area contributed by atoms with Crippen LogP contribution in [0.4, 0.5) is 0 Å². The molecule has 0 aliphatic heterocycles. The fourth-order valence-electron chi connectivity index (χ4n) is 2.49. The summed E-state index contributed by atoms with van der Waals surface area (Å²) in [6, 6.07) is 0. The predicted octanol–water partition coefficient (Wildman–Crippen LogP) is 4.66. The Balaban J connectivity index is 2.50. The standard InChI is InChI=1S/C14H27P/c1-5-11(4)12-6-7-13(9-12)14(15)8-10(2)3/h9-12,14H,5-8,15H2,1-4H3. The van der Waals surface area contributed by atoms with Crippen LogP contribution in [0.1, 0.15) is 53.4 Å². The van der Waals surface area contributed by atoms with Crippen molar-refractivity contribution in [1.82, 2.24) is 0 Å². The zero-order chi connectivity index (χ0) is 11.4. The normalized spacial score (nSPS) is 25.5. The van der Waals surface area contributed by atoms with Crippen molar-refractivity contribution in [2.24, 2.45) is 17.8 Å². The largest absolute Gasteiger partial charge is 0.130 e. The van der Waals surface area contributed by atoms with Gasteiger partial charge >= 0.3 is 0 Å². The SMILES string of the molecule is CCC(C)C1C=C(C(P)CC(C)C)CC1. The predicted molar refractivity (Wildman–Crippen MR) is 73.2 cm³/mol. The Bertz CT molecular complexity index is 217. The molecule has 0 nitrogen and oxygen atoms in total. The molecule has 15 heavy (non-hydrogen) atoms. The molecule has 4 atom stereocenters.